The van der Waals surface area contributed by atoms with Gasteiger partial charge in [-0.2, -0.15) is 18.3 Å². The second-order valence-electron chi connectivity index (χ2n) is 5.91. The molecule has 124 valence electrons. The van der Waals surface area contributed by atoms with Crippen molar-refractivity contribution in [3.63, 3.8) is 0 Å². The molecule has 0 aliphatic carbocycles. The molecule has 0 radical (unpaired) electrons. The molecule has 0 aromatic carbocycles. The number of halogens is 3. The molecule has 0 amide bonds. The van der Waals surface area contributed by atoms with Gasteiger partial charge in [0.2, 0.25) is 0 Å². The highest BCUT2D eigenvalue weighted by Crippen LogP contribution is 2.35. The van der Waals surface area contributed by atoms with Gasteiger partial charge >= 0.3 is 6.18 Å². The van der Waals surface area contributed by atoms with Gasteiger partial charge in [-0.05, 0) is 12.5 Å². The first-order valence-electron chi connectivity index (χ1n) is 7.23. The first-order chi connectivity index (χ1) is 10.8. The zero-order valence-corrected chi connectivity index (χ0v) is 12.6. The van der Waals surface area contributed by atoms with Crippen molar-refractivity contribution < 1.29 is 18.3 Å². The van der Waals surface area contributed by atoms with Crippen molar-refractivity contribution >= 4 is 0 Å². The topological polar surface area (TPSA) is 54.2 Å². The summed E-state index contributed by atoms with van der Waals surface area (Å²) in [6.07, 6.45) is 0.570. The van der Waals surface area contributed by atoms with E-state index in [9.17, 15) is 18.3 Å². The van der Waals surface area contributed by atoms with E-state index < -0.39 is 17.5 Å². The molecule has 0 saturated carbocycles. The molecule has 5 nitrogen and oxygen atoms in total. The zero-order valence-electron chi connectivity index (χ0n) is 12.6. The number of pyridine rings is 1. The lowest BCUT2D eigenvalue weighted by Crippen LogP contribution is -2.31. The maximum absolute atomic E-state index is 13.0. The molecule has 1 aliphatic heterocycles. The SMILES string of the molecule is Cn1cc(CN2CCC(O)(c3cccnc3)C2)c(C(F)(F)F)n1. The van der Waals surface area contributed by atoms with Gasteiger partial charge in [0.1, 0.15) is 5.60 Å². The fraction of sp³-hybridized carbons (Fsp3) is 0.467. The van der Waals surface area contributed by atoms with Gasteiger partial charge in [-0.1, -0.05) is 6.07 Å². The molecule has 2 aromatic heterocycles. The highest BCUT2D eigenvalue weighted by atomic mass is 19.4. The quantitative estimate of drug-likeness (QED) is 0.936. The fourth-order valence-electron chi connectivity index (χ4n) is 3.01. The van der Waals surface area contributed by atoms with Gasteiger partial charge in [0.05, 0.1) is 0 Å². The van der Waals surface area contributed by atoms with E-state index in [1.54, 1.807) is 29.4 Å². The van der Waals surface area contributed by atoms with Crippen molar-refractivity contribution in [2.75, 3.05) is 13.1 Å². The van der Waals surface area contributed by atoms with Crippen molar-refractivity contribution in [1.82, 2.24) is 19.7 Å². The van der Waals surface area contributed by atoms with Crippen LogP contribution in [0.5, 0.6) is 0 Å². The summed E-state index contributed by atoms with van der Waals surface area (Å²) in [5, 5.41) is 14.2. The Hall–Kier alpha value is -1.93. The molecule has 23 heavy (non-hydrogen) atoms. The van der Waals surface area contributed by atoms with E-state index in [4.69, 9.17) is 0 Å². The smallest absolute Gasteiger partial charge is 0.384 e. The Balaban J connectivity index is 1.77. The van der Waals surface area contributed by atoms with Crippen LogP contribution in [0.15, 0.2) is 30.7 Å². The summed E-state index contributed by atoms with van der Waals surface area (Å²) in [6, 6.07) is 3.51. The molecule has 8 heteroatoms. The Morgan fingerprint density at radius 3 is 2.83 bits per heavy atom. The van der Waals surface area contributed by atoms with Crippen LogP contribution < -0.4 is 0 Å². The summed E-state index contributed by atoms with van der Waals surface area (Å²) >= 11 is 0. The molecule has 1 fully saturated rings. The highest BCUT2D eigenvalue weighted by molar-refractivity contribution is 5.23. The summed E-state index contributed by atoms with van der Waals surface area (Å²) in [5.74, 6) is 0. The molecular weight excluding hydrogens is 309 g/mol. The van der Waals surface area contributed by atoms with E-state index in [2.05, 4.69) is 10.1 Å². The third-order valence-electron chi connectivity index (χ3n) is 4.09. The lowest BCUT2D eigenvalue weighted by atomic mass is 9.95. The summed E-state index contributed by atoms with van der Waals surface area (Å²) in [5.41, 5.74) is -1.13. The first kappa shape index (κ1) is 15.9. The number of hydrogen-bond donors (Lipinski definition) is 1. The van der Waals surface area contributed by atoms with Crippen molar-refractivity contribution in [1.29, 1.82) is 0 Å². The van der Waals surface area contributed by atoms with E-state index in [1.807, 2.05) is 0 Å². The average Bonchev–Trinajstić information content (AvgIpc) is 3.04. The van der Waals surface area contributed by atoms with Gasteiger partial charge in [0, 0.05) is 56.4 Å². The predicted molar refractivity (Wildman–Crippen MR) is 76.2 cm³/mol. The molecule has 1 saturated heterocycles. The Bertz CT molecular complexity index is 686. The van der Waals surface area contributed by atoms with E-state index >= 15 is 0 Å². The van der Waals surface area contributed by atoms with Crippen molar-refractivity contribution in [2.45, 2.75) is 24.7 Å². The molecular formula is C15H17F3N4O. The van der Waals surface area contributed by atoms with Crippen LogP contribution in [0, 0.1) is 0 Å². The summed E-state index contributed by atoms with van der Waals surface area (Å²) < 4.78 is 40.2. The highest BCUT2D eigenvalue weighted by Gasteiger charge is 2.40. The molecule has 1 N–H and O–H groups in total. The van der Waals surface area contributed by atoms with Crippen LogP contribution in [0.3, 0.4) is 0 Å². The average molecular weight is 326 g/mol. The number of aliphatic hydroxyl groups is 1. The monoisotopic (exact) mass is 326 g/mol. The number of β-amino-alcohol motifs (C(OH)–C–C–N with tert-alkyl or cyclic N) is 1. The van der Waals surface area contributed by atoms with E-state index in [1.165, 1.54) is 17.9 Å². The van der Waals surface area contributed by atoms with E-state index in [0.29, 0.717) is 18.5 Å². The first-order valence-corrected chi connectivity index (χ1v) is 7.23. The van der Waals surface area contributed by atoms with Crippen molar-refractivity contribution in [3.05, 3.63) is 47.5 Å². The normalized spacial score (nSPS) is 22.7. The minimum absolute atomic E-state index is 0.102. The Labute approximate surface area is 131 Å². The standard InChI is InChI=1S/C15H17F3N4O/c1-21-8-11(13(20-21)15(16,17)18)9-22-6-4-14(23,10-22)12-3-2-5-19-7-12/h2-3,5,7-8,23H,4,6,9-10H2,1H3. The lowest BCUT2D eigenvalue weighted by molar-refractivity contribution is -0.142. The number of likely N-dealkylation sites (tertiary alicyclic amines) is 1. The maximum Gasteiger partial charge on any atom is 0.435 e. The number of hydrogen-bond acceptors (Lipinski definition) is 4. The van der Waals surface area contributed by atoms with Crippen LogP contribution in [0.1, 0.15) is 23.2 Å². The van der Waals surface area contributed by atoms with Crippen molar-refractivity contribution in [2.24, 2.45) is 7.05 Å². The molecule has 1 atom stereocenters. The van der Waals surface area contributed by atoms with Gasteiger partial charge in [0.25, 0.3) is 0 Å². The second kappa shape index (κ2) is 5.61. The number of nitrogens with zero attached hydrogens (tertiary/aromatic N) is 4. The van der Waals surface area contributed by atoms with Crippen LogP contribution in [-0.2, 0) is 25.4 Å². The van der Waals surface area contributed by atoms with Gasteiger partial charge in [-0.25, -0.2) is 0 Å². The number of aromatic nitrogens is 3. The minimum Gasteiger partial charge on any atom is -0.384 e. The maximum atomic E-state index is 13.0. The zero-order chi connectivity index (χ0) is 16.7. The minimum atomic E-state index is -4.48. The third-order valence-corrected chi connectivity index (χ3v) is 4.09. The van der Waals surface area contributed by atoms with Crippen LogP contribution in [-0.4, -0.2) is 37.9 Å². The Morgan fingerprint density at radius 1 is 1.39 bits per heavy atom. The van der Waals surface area contributed by atoms with Gasteiger partial charge in [0.15, 0.2) is 5.69 Å². The van der Waals surface area contributed by atoms with Gasteiger partial charge in [-0.3, -0.25) is 14.6 Å². The predicted octanol–water partition coefficient (Wildman–Crippen LogP) is 1.93. The molecule has 0 spiro atoms. The second-order valence-corrected chi connectivity index (χ2v) is 5.91. The number of alkyl halides is 3. The molecule has 3 heterocycles. The molecule has 0 bridgehead atoms. The molecule has 3 rings (SSSR count). The molecule has 1 aliphatic rings. The summed E-state index contributed by atoms with van der Waals surface area (Å²) in [7, 11) is 1.47. The largest absolute Gasteiger partial charge is 0.435 e. The number of aryl methyl sites for hydroxylation is 1. The van der Waals surface area contributed by atoms with Crippen molar-refractivity contribution in [3.8, 4) is 0 Å². The van der Waals surface area contributed by atoms with E-state index in [-0.39, 0.29) is 18.7 Å². The molecule has 2 aromatic rings. The van der Waals surface area contributed by atoms with Crippen LogP contribution in [0.25, 0.3) is 0 Å². The summed E-state index contributed by atoms with van der Waals surface area (Å²) in [4.78, 5) is 5.80. The summed E-state index contributed by atoms with van der Waals surface area (Å²) in [6.45, 7) is 0.883. The Kier molecular flexibility index (Phi) is 3.89. The lowest BCUT2D eigenvalue weighted by Gasteiger charge is -2.23. The Morgan fingerprint density at radius 2 is 2.17 bits per heavy atom. The van der Waals surface area contributed by atoms with Crippen LogP contribution in [0.4, 0.5) is 13.2 Å². The third kappa shape index (κ3) is 3.23. The molecule has 1 unspecified atom stereocenters. The van der Waals surface area contributed by atoms with Gasteiger partial charge < -0.3 is 5.11 Å². The van der Waals surface area contributed by atoms with Crippen LogP contribution >= 0.6 is 0 Å². The van der Waals surface area contributed by atoms with Gasteiger partial charge in [-0.15, -0.1) is 0 Å². The fourth-order valence-corrected chi connectivity index (χ4v) is 3.01. The van der Waals surface area contributed by atoms with Crippen LogP contribution in [0.2, 0.25) is 0 Å². The van der Waals surface area contributed by atoms with E-state index in [0.717, 1.165) is 0 Å². The number of rotatable bonds is 3.